The highest BCUT2D eigenvalue weighted by molar-refractivity contribution is 7.89. The summed E-state index contributed by atoms with van der Waals surface area (Å²) < 4.78 is 26.5. The second kappa shape index (κ2) is 5.36. The largest absolute Gasteiger partial charge is 0.389 e. The molecule has 0 atom stereocenters. The molecule has 1 saturated carbocycles. The minimum Gasteiger partial charge on any atom is -0.389 e. The standard InChI is InChI=1S/C12H15ClN2O2S2/c1-2-15(9-4-5-9)19(16,17)11-6-3-8(12(14)18)7-10(11)13/h3,6-7,9H,2,4-5H2,1H3,(H2,14,18). The van der Waals surface area contributed by atoms with Gasteiger partial charge < -0.3 is 5.73 Å². The molecule has 0 spiro atoms. The van der Waals surface area contributed by atoms with Crippen LogP contribution in [0.4, 0.5) is 0 Å². The molecule has 1 aromatic carbocycles. The van der Waals surface area contributed by atoms with E-state index < -0.39 is 10.0 Å². The maximum atomic E-state index is 12.5. The number of hydrogen-bond donors (Lipinski definition) is 1. The van der Waals surface area contributed by atoms with Crippen LogP contribution in [0, 0.1) is 0 Å². The molecule has 19 heavy (non-hydrogen) atoms. The minimum atomic E-state index is -3.54. The van der Waals surface area contributed by atoms with Crippen LogP contribution in [0.2, 0.25) is 5.02 Å². The number of thiocarbonyl (C=S) groups is 1. The van der Waals surface area contributed by atoms with Crippen molar-refractivity contribution < 1.29 is 8.42 Å². The molecule has 4 nitrogen and oxygen atoms in total. The summed E-state index contributed by atoms with van der Waals surface area (Å²) >= 11 is 10.9. The van der Waals surface area contributed by atoms with Crippen LogP contribution in [0.25, 0.3) is 0 Å². The van der Waals surface area contributed by atoms with Crippen LogP contribution < -0.4 is 5.73 Å². The molecule has 0 aliphatic heterocycles. The first-order valence-corrected chi connectivity index (χ1v) is 8.21. The van der Waals surface area contributed by atoms with Crippen molar-refractivity contribution in [2.45, 2.75) is 30.7 Å². The summed E-state index contributed by atoms with van der Waals surface area (Å²) in [5.74, 6) is 0. The van der Waals surface area contributed by atoms with E-state index in [0.717, 1.165) is 12.8 Å². The Morgan fingerprint density at radius 2 is 2.16 bits per heavy atom. The van der Waals surface area contributed by atoms with Crippen molar-refractivity contribution in [1.29, 1.82) is 0 Å². The molecule has 0 bridgehead atoms. The van der Waals surface area contributed by atoms with Gasteiger partial charge in [0.2, 0.25) is 10.0 Å². The maximum Gasteiger partial charge on any atom is 0.244 e. The highest BCUT2D eigenvalue weighted by Gasteiger charge is 2.37. The van der Waals surface area contributed by atoms with Crippen molar-refractivity contribution in [3.63, 3.8) is 0 Å². The van der Waals surface area contributed by atoms with E-state index >= 15 is 0 Å². The van der Waals surface area contributed by atoms with Crippen LogP contribution in [0.3, 0.4) is 0 Å². The third-order valence-corrected chi connectivity index (χ3v) is 5.81. The summed E-state index contributed by atoms with van der Waals surface area (Å²) in [6.45, 7) is 2.27. The average molecular weight is 319 g/mol. The first kappa shape index (κ1) is 14.7. The van der Waals surface area contributed by atoms with Crippen molar-refractivity contribution in [3.05, 3.63) is 28.8 Å². The molecule has 2 rings (SSSR count). The molecule has 1 fully saturated rings. The fourth-order valence-electron chi connectivity index (χ4n) is 1.98. The van der Waals surface area contributed by atoms with E-state index in [-0.39, 0.29) is 20.9 Å². The SMILES string of the molecule is CCN(C1CC1)S(=O)(=O)c1ccc(C(N)=S)cc1Cl. The fraction of sp³-hybridized carbons (Fsp3) is 0.417. The van der Waals surface area contributed by atoms with Crippen molar-refractivity contribution in [2.24, 2.45) is 5.73 Å². The Hall–Kier alpha value is -0.690. The number of rotatable bonds is 5. The maximum absolute atomic E-state index is 12.5. The molecule has 0 heterocycles. The lowest BCUT2D eigenvalue weighted by atomic mass is 10.2. The van der Waals surface area contributed by atoms with Crippen LogP contribution in [0.15, 0.2) is 23.1 Å². The smallest absolute Gasteiger partial charge is 0.244 e. The van der Waals surface area contributed by atoms with E-state index in [0.29, 0.717) is 12.1 Å². The van der Waals surface area contributed by atoms with Gasteiger partial charge in [-0.15, -0.1) is 0 Å². The molecular formula is C12H15ClN2O2S2. The van der Waals surface area contributed by atoms with Crippen LogP contribution in [0.1, 0.15) is 25.3 Å². The van der Waals surface area contributed by atoms with Crippen molar-refractivity contribution >= 4 is 38.8 Å². The van der Waals surface area contributed by atoms with Gasteiger partial charge in [-0.25, -0.2) is 8.42 Å². The molecule has 0 unspecified atom stereocenters. The summed E-state index contributed by atoms with van der Waals surface area (Å²) in [7, 11) is -3.54. The number of benzene rings is 1. The average Bonchev–Trinajstić information content (AvgIpc) is 3.13. The van der Waals surface area contributed by atoms with Gasteiger partial charge >= 0.3 is 0 Å². The molecule has 0 radical (unpaired) electrons. The van der Waals surface area contributed by atoms with Crippen LogP contribution in [-0.4, -0.2) is 30.3 Å². The van der Waals surface area contributed by atoms with Gasteiger partial charge in [0.1, 0.15) is 9.88 Å². The Morgan fingerprint density at radius 1 is 1.53 bits per heavy atom. The van der Waals surface area contributed by atoms with Gasteiger partial charge in [-0.3, -0.25) is 0 Å². The number of nitrogens with zero attached hydrogens (tertiary/aromatic N) is 1. The number of hydrogen-bond acceptors (Lipinski definition) is 3. The van der Waals surface area contributed by atoms with Crippen molar-refractivity contribution in [2.75, 3.05) is 6.54 Å². The molecule has 1 aliphatic carbocycles. The van der Waals surface area contributed by atoms with Crippen LogP contribution in [0.5, 0.6) is 0 Å². The van der Waals surface area contributed by atoms with Crippen LogP contribution >= 0.6 is 23.8 Å². The molecule has 0 aromatic heterocycles. The van der Waals surface area contributed by atoms with E-state index in [1.54, 1.807) is 6.07 Å². The van der Waals surface area contributed by atoms with E-state index in [2.05, 4.69) is 0 Å². The van der Waals surface area contributed by atoms with E-state index in [9.17, 15) is 8.42 Å². The van der Waals surface area contributed by atoms with E-state index in [1.807, 2.05) is 6.92 Å². The summed E-state index contributed by atoms with van der Waals surface area (Å²) in [5, 5.41) is 0.157. The Labute approximate surface area is 123 Å². The quantitative estimate of drug-likeness (QED) is 0.845. The monoisotopic (exact) mass is 318 g/mol. The number of nitrogens with two attached hydrogens (primary N) is 1. The predicted molar refractivity (Wildman–Crippen MR) is 79.9 cm³/mol. The summed E-state index contributed by atoms with van der Waals surface area (Å²) in [4.78, 5) is 0.309. The second-order valence-corrected chi connectivity index (χ2v) is 7.16. The lowest BCUT2D eigenvalue weighted by Crippen LogP contribution is -2.33. The zero-order chi connectivity index (χ0) is 14.2. The van der Waals surface area contributed by atoms with Gasteiger partial charge in [-0.05, 0) is 25.0 Å². The van der Waals surface area contributed by atoms with Gasteiger partial charge in [0.25, 0.3) is 0 Å². The summed E-state index contributed by atoms with van der Waals surface area (Å²) in [6, 6.07) is 4.66. The van der Waals surface area contributed by atoms with Gasteiger partial charge in [0.15, 0.2) is 0 Å². The van der Waals surface area contributed by atoms with Gasteiger partial charge in [0.05, 0.1) is 5.02 Å². The Bertz CT molecular complexity index is 612. The Balaban J connectivity index is 2.43. The molecule has 2 N–H and O–H groups in total. The first-order valence-electron chi connectivity index (χ1n) is 5.99. The van der Waals surface area contributed by atoms with E-state index in [4.69, 9.17) is 29.6 Å². The fourth-order valence-corrected chi connectivity index (χ4v) is 4.32. The van der Waals surface area contributed by atoms with Crippen molar-refractivity contribution in [1.82, 2.24) is 4.31 Å². The minimum absolute atomic E-state index is 0.112. The molecule has 104 valence electrons. The normalized spacial score (nSPS) is 15.7. The second-order valence-electron chi connectivity index (χ2n) is 4.45. The van der Waals surface area contributed by atoms with E-state index in [1.165, 1.54) is 16.4 Å². The molecule has 0 saturated heterocycles. The van der Waals surface area contributed by atoms with Gasteiger partial charge in [-0.2, -0.15) is 4.31 Å². The van der Waals surface area contributed by atoms with Gasteiger partial charge in [0, 0.05) is 18.2 Å². The zero-order valence-electron chi connectivity index (χ0n) is 10.5. The predicted octanol–water partition coefficient (Wildman–Crippen LogP) is 2.15. The molecule has 1 aliphatic rings. The molecule has 1 aromatic rings. The summed E-state index contributed by atoms with van der Waals surface area (Å²) in [5.41, 5.74) is 6.06. The third-order valence-electron chi connectivity index (χ3n) is 3.07. The summed E-state index contributed by atoms with van der Waals surface area (Å²) in [6.07, 6.45) is 1.82. The molecule has 7 heteroatoms. The zero-order valence-corrected chi connectivity index (χ0v) is 12.9. The molecule has 0 amide bonds. The highest BCUT2D eigenvalue weighted by Crippen LogP contribution is 2.34. The van der Waals surface area contributed by atoms with Crippen LogP contribution in [-0.2, 0) is 10.0 Å². The third kappa shape index (κ3) is 2.91. The lowest BCUT2D eigenvalue weighted by Gasteiger charge is -2.20. The van der Waals surface area contributed by atoms with Crippen molar-refractivity contribution in [3.8, 4) is 0 Å². The molecular weight excluding hydrogens is 304 g/mol. The Morgan fingerprint density at radius 3 is 2.58 bits per heavy atom. The highest BCUT2D eigenvalue weighted by atomic mass is 35.5. The number of halogens is 1. The topological polar surface area (TPSA) is 63.4 Å². The van der Waals surface area contributed by atoms with Gasteiger partial charge in [-0.1, -0.05) is 36.8 Å². The number of sulfonamides is 1. The first-order chi connectivity index (χ1) is 8.87. The Kier molecular flexibility index (Phi) is 4.15. The lowest BCUT2D eigenvalue weighted by molar-refractivity contribution is 0.421.